The Morgan fingerprint density at radius 2 is 2.30 bits per heavy atom. The normalized spacial score (nSPS) is 19.8. The van der Waals surface area contributed by atoms with E-state index in [4.69, 9.17) is 27.5 Å². The fourth-order valence-corrected chi connectivity index (χ4v) is 2.97. The highest BCUT2D eigenvalue weighted by molar-refractivity contribution is 6.34. The minimum Gasteiger partial charge on any atom is -0.493 e. The van der Waals surface area contributed by atoms with Crippen molar-refractivity contribution in [3.8, 4) is 5.75 Å². The summed E-state index contributed by atoms with van der Waals surface area (Å²) in [5.74, 6) is 0.545. The second-order valence-electron chi connectivity index (χ2n) is 5.29. The number of ether oxygens (including phenoxy) is 1. The summed E-state index contributed by atoms with van der Waals surface area (Å²) in [4.78, 5) is 2.40. The van der Waals surface area contributed by atoms with Crippen molar-refractivity contribution in [2.45, 2.75) is 31.7 Å². The Morgan fingerprint density at radius 3 is 3.00 bits per heavy atom. The summed E-state index contributed by atoms with van der Waals surface area (Å²) in [6, 6.07) is 5.94. The SMILES string of the molecule is CN1CCCCC1CCOc1cccc(Cl)c1C(=N)N. The standard InChI is InChI=1S/C15H22ClN3O/c1-19-9-3-2-5-11(19)8-10-20-13-7-4-6-12(16)14(13)15(17)18/h4,6-7,11H,2-3,5,8-10H2,1H3,(H3,17,18). The van der Waals surface area contributed by atoms with Crippen LogP contribution in [-0.2, 0) is 0 Å². The van der Waals surface area contributed by atoms with Crippen molar-refractivity contribution >= 4 is 17.4 Å². The molecule has 5 heteroatoms. The number of nitrogens with two attached hydrogens (primary N) is 1. The smallest absolute Gasteiger partial charge is 0.131 e. The maximum absolute atomic E-state index is 7.59. The molecule has 4 nitrogen and oxygen atoms in total. The minimum atomic E-state index is -0.0552. The van der Waals surface area contributed by atoms with Gasteiger partial charge < -0.3 is 15.4 Å². The van der Waals surface area contributed by atoms with E-state index in [1.807, 2.05) is 12.1 Å². The van der Waals surface area contributed by atoms with Crippen LogP contribution in [0, 0.1) is 5.41 Å². The summed E-state index contributed by atoms with van der Waals surface area (Å²) < 4.78 is 5.80. The van der Waals surface area contributed by atoms with E-state index in [1.165, 1.54) is 25.8 Å². The van der Waals surface area contributed by atoms with Crippen molar-refractivity contribution < 1.29 is 4.74 Å². The molecule has 1 aliphatic heterocycles. The van der Waals surface area contributed by atoms with Crippen LogP contribution in [0.15, 0.2) is 18.2 Å². The van der Waals surface area contributed by atoms with E-state index in [0.29, 0.717) is 29.0 Å². The van der Waals surface area contributed by atoms with Crippen molar-refractivity contribution in [2.24, 2.45) is 5.73 Å². The first-order valence-corrected chi connectivity index (χ1v) is 7.43. The average molecular weight is 296 g/mol. The van der Waals surface area contributed by atoms with Gasteiger partial charge in [-0.15, -0.1) is 0 Å². The lowest BCUT2D eigenvalue weighted by atomic mass is 10.0. The number of nitrogens with zero attached hydrogens (tertiary/aromatic N) is 1. The van der Waals surface area contributed by atoms with E-state index in [1.54, 1.807) is 6.07 Å². The molecule has 110 valence electrons. The molecule has 1 aromatic rings. The second-order valence-corrected chi connectivity index (χ2v) is 5.70. The van der Waals surface area contributed by atoms with Crippen LogP contribution in [0.5, 0.6) is 5.75 Å². The van der Waals surface area contributed by atoms with Gasteiger partial charge in [0.1, 0.15) is 11.6 Å². The van der Waals surface area contributed by atoms with Gasteiger partial charge in [0.2, 0.25) is 0 Å². The summed E-state index contributed by atoms with van der Waals surface area (Å²) in [5.41, 5.74) is 6.05. The van der Waals surface area contributed by atoms with Crippen molar-refractivity contribution in [2.75, 3.05) is 20.2 Å². The molecular weight excluding hydrogens is 274 g/mol. The van der Waals surface area contributed by atoms with Gasteiger partial charge in [0.25, 0.3) is 0 Å². The molecule has 0 bridgehead atoms. The Kier molecular flexibility index (Phi) is 5.26. The van der Waals surface area contributed by atoms with E-state index in [-0.39, 0.29) is 5.84 Å². The Hall–Kier alpha value is -1.26. The van der Waals surface area contributed by atoms with Crippen LogP contribution >= 0.6 is 11.6 Å². The molecule has 1 unspecified atom stereocenters. The van der Waals surface area contributed by atoms with Gasteiger partial charge in [-0.05, 0) is 45.0 Å². The Morgan fingerprint density at radius 1 is 1.50 bits per heavy atom. The molecular formula is C15H22ClN3O. The fraction of sp³-hybridized carbons (Fsp3) is 0.533. The van der Waals surface area contributed by atoms with E-state index < -0.39 is 0 Å². The Bertz CT molecular complexity index is 478. The minimum absolute atomic E-state index is 0.0552. The largest absolute Gasteiger partial charge is 0.493 e. The number of nitrogens with one attached hydrogen (secondary N) is 1. The van der Waals surface area contributed by atoms with Gasteiger partial charge >= 0.3 is 0 Å². The Balaban J connectivity index is 1.94. The number of halogens is 1. The zero-order valence-corrected chi connectivity index (χ0v) is 12.6. The van der Waals surface area contributed by atoms with Crippen LogP contribution in [-0.4, -0.2) is 37.0 Å². The summed E-state index contributed by atoms with van der Waals surface area (Å²) in [7, 11) is 2.17. The van der Waals surface area contributed by atoms with Crippen molar-refractivity contribution in [3.63, 3.8) is 0 Å². The molecule has 0 aliphatic carbocycles. The van der Waals surface area contributed by atoms with Gasteiger partial charge in [0, 0.05) is 6.04 Å². The summed E-state index contributed by atoms with van der Waals surface area (Å²) in [5, 5.41) is 8.05. The predicted octanol–water partition coefficient (Wildman–Crippen LogP) is 2.88. The highest BCUT2D eigenvalue weighted by Crippen LogP contribution is 2.26. The molecule has 2 rings (SSSR count). The van der Waals surface area contributed by atoms with E-state index in [0.717, 1.165) is 6.42 Å². The van der Waals surface area contributed by atoms with E-state index >= 15 is 0 Å². The van der Waals surface area contributed by atoms with E-state index in [2.05, 4.69) is 11.9 Å². The second kappa shape index (κ2) is 6.95. The highest BCUT2D eigenvalue weighted by atomic mass is 35.5. The third-order valence-electron chi connectivity index (χ3n) is 3.87. The maximum Gasteiger partial charge on any atom is 0.131 e. The number of nitrogen functional groups attached to an aromatic ring is 1. The van der Waals surface area contributed by atoms with Gasteiger partial charge in [-0.25, -0.2) is 0 Å². The third kappa shape index (κ3) is 3.64. The molecule has 1 fully saturated rings. The molecule has 3 N–H and O–H groups in total. The molecule has 1 atom stereocenters. The number of hydrogen-bond acceptors (Lipinski definition) is 3. The molecule has 0 radical (unpaired) electrons. The molecule has 1 aliphatic rings. The number of likely N-dealkylation sites (tertiary alicyclic amines) is 1. The number of rotatable bonds is 5. The van der Waals surface area contributed by atoms with Crippen LogP contribution in [0.2, 0.25) is 5.02 Å². The van der Waals surface area contributed by atoms with Gasteiger partial charge in [-0.2, -0.15) is 0 Å². The van der Waals surface area contributed by atoms with Crippen LogP contribution in [0.1, 0.15) is 31.2 Å². The van der Waals surface area contributed by atoms with Gasteiger partial charge in [-0.3, -0.25) is 5.41 Å². The maximum atomic E-state index is 7.59. The number of benzene rings is 1. The zero-order chi connectivity index (χ0) is 14.5. The molecule has 0 aromatic heterocycles. The predicted molar refractivity (Wildman–Crippen MR) is 82.8 cm³/mol. The van der Waals surface area contributed by atoms with Gasteiger partial charge in [0.05, 0.1) is 17.2 Å². The number of hydrogen-bond donors (Lipinski definition) is 2. The van der Waals surface area contributed by atoms with Crippen LogP contribution < -0.4 is 10.5 Å². The van der Waals surface area contributed by atoms with Gasteiger partial charge in [-0.1, -0.05) is 24.1 Å². The van der Waals surface area contributed by atoms with E-state index in [9.17, 15) is 0 Å². The lowest BCUT2D eigenvalue weighted by Crippen LogP contribution is -2.37. The first-order chi connectivity index (χ1) is 9.59. The molecule has 1 aromatic carbocycles. The van der Waals surface area contributed by atoms with Crippen molar-refractivity contribution in [1.29, 1.82) is 5.41 Å². The summed E-state index contributed by atoms with van der Waals surface area (Å²) in [6.45, 7) is 1.79. The van der Waals surface area contributed by atoms with Crippen LogP contribution in [0.3, 0.4) is 0 Å². The molecule has 0 amide bonds. The molecule has 1 saturated heterocycles. The molecule has 0 saturated carbocycles. The Labute approximate surface area is 125 Å². The number of piperidine rings is 1. The van der Waals surface area contributed by atoms with Crippen LogP contribution in [0.25, 0.3) is 0 Å². The topological polar surface area (TPSA) is 62.3 Å². The van der Waals surface area contributed by atoms with Crippen LogP contribution in [0.4, 0.5) is 0 Å². The lowest BCUT2D eigenvalue weighted by Gasteiger charge is -2.32. The summed E-state index contributed by atoms with van der Waals surface area (Å²) >= 11 is 6.07. The third-order valence-corrected chi connectivity index (χ3v) is 4.19. The average Bonchev–Trinajstić information content (AvgIpc) is 2.40. The first kappa shape index (κ1) is 15.1. The van der Waals surface area contributed by atoms with Crippen molar-refractivity contribution in [3.05, 3.63) is 28.8 Å². The summed E-state index contributed by atoms with van der Waals surface area (Å²) in [6.07, 6.45) is 4.80. The molecule has 20 heavy (non-hydrogen) atoms. The molecule has 0 spiro atoms. The first-order valence-electron chi connectivity index (χ1n) is 7.05. The zero-order valence-electron chi connectivity index (χ0n) is 11.9. The lowest BCUT2D eigenvalue weighted by molar-refractivity contribution is 0.153. The van der Waals surface area contributed by atoms with Crippen molar-refractivity contribution in [1.82, 2.24) is 4.90 Å². The quantitative estimate of drug-likeness (QED) is 0.648. The fourth-order valence-electron chi connectivity index (χ4n) is 2.70. The van der Waals surface area contributed by atoms with Gasteiger partial charge in [0.15, 0.2) is 0 Å². The highest BCUT2D eigenvalue weighted by Gasteiger charge is 2.19. The number of amidine groups is 1. The molecule has 1 heterocycles. The monoisotopic (exact) mass is 295 g/mol.